The van der Waals surface area contributed by atoms with Crippen LogP contribution in [0, 0.1) is 0 Å². The Kier molecular flexibility index (Phi) is 9.01. The summed E-state index contributed by atoms with van der Waals surface area (Å²) in [6.07, 6.45) is -1.62. The number of rotatable bonds is 10. The number of nitrogen functional groups attached to an aromatic ring is 1. The van der Waals surface area contributed by atoms with E-state index in [2.05, 4.69) is 42.6 Å². The molecule has 1 aliphatic rings. The Hall–Kier alpha value is -1.13. The molecular formula is C22H39ClN5O5Si2. The van der Waals surface area contributed by atoms with Gasteiger partial charge in [-0.05, 0) is 22.2 Å². The molecular weight excluding hydrogens is 506 g/mol. The average molecular weight is 545 g/mol. The van der Waals surface area contributed by atoms with Gasteiger partial charge in [0.15, 0.2) is 17.0 Å². The fourth-order valence-electron chi connectivity index (χ4n) is 4.62. The molecule has 0 saturated carbocycles. The number of ether oxygens (including phenoxy) is 1. The van der Waals surface area contributed by atoms with Crippen LogP contribution >= 0.6 is 11.6 Å². The average Bonchev–Trinajstić information content (AvgIpc) is 3.30. The maximum Gasteiger partial charge on any atom is 0.340 e. The third kappa shape index (κ3) is 5.74. The van der Waals surface area contributed by atoms with Gasteiger partial charge in [0.05, 0.1) is 12.9 Å². The first kappa shape index (κ1) is 28.4. The van der Waals surface area contributed by atoms with Gasteiger partial charge in [-0.15, -0.1) is 0 Å². The van der Waals surface area contributed by atoms with Crippen LogP contribution in [-0.2, 0) is 13.6 Å². The quantitative estimate of drug-likeness (QED) is 0.301. The Bertz CT molecular complexity index is 992. The highest BCUT2D eigenvalue weighted by atomic mass is 35.5. The van der Waals surface area contributed by atoms with E-state index in [1.54, 1.807) is 4.57 Å². The standard InChI is InChI=1S/C22H39ClN5O5Si2/c1-11(2)34(12(3)4)33-18-15(9-31-35(30,13(5)6)14(7)8)32-21(17(18)29)28-10-25-16-19(23)26-22(24)27-20(16)28/h10-15,17-18,21,29-30H,9H2,1-8H3,(H2,24,26,27)/t15-,17+,18?,21-/m1/s1. The predicted molar refractivity (Wildman–Crippen MR) is 140 cm³/mol. The van der Waals surface area contributed by atoms with Gasteiger partial charge in [0, 0.05) is 0 Å². The zero-order chi connectivity index (χ0) is 26.2. The summed E-state index contributed by atoms with van der Waals surface area (Å²) >= 11 is 6.20. The molecule has 1 radical (unpaired) electrons. The van der Waals surface area contributed by atoms with Crippen LogP contribution in [0.2, 0.25) is 27.3 Å². The summed E-state index contributed by atoms with van der Waals surface area (Å²) in [6.45, 7) is 16.5. The first-order valence-corrected chi connectivity index (χ1v) is 16.1. The summed E-state index contributed by atoms with van der Waals surface area (Å²) in [6, 6.07) is 0. The lowest BCUT2D eigenvalue weighted by molar-refractivity contribution is -0.0512. The Morgan fingerprint density at radius 2 is 1.74 bits per heavy atom. The molecule has 0 aromatic carbocycles. The first-order chi connectivity index (χ1) is 16.3. The van der Waals surface area contributed by atoms with Gasteiger partial charge in [-0.1, -0.05) is 67.0 Å². The fourth-order valence-corrected chi connectivity index (χ4v) is 9.76. The number of anilines is 1. The minimum atomic E-state index is -3.04. The summed E-state index contributed by atoms with van der Waals surface area (Å²) in [4.78, 5) is 23.8. The minimum Gasteiger partial charge on any atom is -0.410 e. The number of halogens is 1. The maximum absolute atomic E-state index is 11.5. The van der Waals surface area contributed by atoms with Crippen LogP contribution in [0.4, 0.5) is 5.95 Å². The molecule has 2 aromatic heterocycles. The number of imidazole rings is 1. The van der Waals surface area contributed by atoms with Gasteiger partial charge in [-0.3, -0.25) is 4.57 Å². The molecule has 1 unspecified atom stereocenters. The number of aliphatic hydroxyl groups is 1. The number of aliphatic hydroxyl groups excluding tert-OH is 1. The largest absolute Gasteiger partial charge is 0.410 e. The van der Waals surface area contributed by atoms with Crippen molar-refractivity contribution in [1.82, 2.24) is 19.5 Å². The number of hydrogen-bond donors (Lipinski definition) is 3. The van der Waals surface area contributed by atoms with Crippen molar-refractivity contribution in [3.8, 4) is 0 Å². The van der Waals surface area contributed by atoms with E-state index in [1.165, 1.54) is 6.33 Å². The second-order valence-electron chi connectivity index (χ2n) is 10.4. The lowest BCUT2D eigenvalue weighted by Gasteiger charge is -2.35. The monoisotopic (exact) mass is 544 g/mol. The Morgan fingerprint density at radius 1 is 1.14 bits per heavy atom. The van der Waals surface area contributed by atoms with Crippen molar-refractivity contribution in [1.29, 1.82) is 0 Å². The number of nitrogens with two attached hydrogens (primary N) is 1. The van der Waals surface area contributed by atoms with Gasteiger partial charge in [-0.25, -0.2) is 4.98 Å². The lowest BCUT2D eigenvalue weighted by Crippen LogP contribution is -2.49. The molecule has 2 aromatic rings. The molecule has 0 aliphatic carbocycles. The van der Waals surface area contributed by atoms with E-state index in [-0.39, 0.29) is 28.8 Å². The predicted octanol–water partition coefficient (Wildman–Crippen LogP) is 3.79. The molecule has 10 nitrogen and oxygen atoms in total. The number of aromatic nitrogens is 4. The van der Waals surface area contributed by atoms with E-state index in [0.717, 1.165) is 0 Å². The summed E-state index contributed by atoms with van der Waals surface area (Å²) in [5.41, 5.74) is 7.18. The first-order valence-electron chi connectivity index (χ1n) is 12.2. The van der Waals surface area contributed by atoms with Crippen LogP contribution in [0.15, 0.2) is 6.33 Å². The maximum atomic E-state index is 11.5. The molecule has 4 atom stereocenters. The molecule has 4 N–H and O–H groups in total. The number of fused-ring (bicyclic) bond motifs is 1. The third-order valence-electron chi connectivity index (χ3n) is 6.52. The molecule has 1 aliphatic heterocycles. The van der Waals surface area contributed by atoms with Crippen LogP contribution in [0.5, 0.6) is 0 Å². The van der Waals surface area contributed by atoms with Crippen molar-refractivity contribution in [2.75, 3.05) is 12.3 Å². The normalized spacial score (nSPS) is 23.8. The number of hydrogen-bond acceptors (Lipinski definition) is 9. The summed E-state index contributed by atoms with van der Waals surface area (Å²) in [7, 11) is -4.33. The van der Waals surface area contributed by atoms with E-state index in [4.69, 9.17) is 30.9 Å². The zero-order valence-corrected chi connectivity index (χ0v) is 24.5. The van der Waals surface area contributed by atoms with Crippen molar-refractivity contribution in [3.63, 3.8) is 0 Å². The lowest BCUT2D eigenvalue weighted by atomic mass is 10.1. The summed E-state index contributed by atoms with van der Waals surface area (Å²) < 4.78 is 20.7. The second kappa shape index (κ2) is 11.1. The van der Waals surface area contributed by atoms with Gasteiger partial charge in [0.2, 0.25) is 15.0 Å². The molecule has 1 fully saturated rings. The highest BCUT2D eigenvalue weighted by molar-refractivity contribution is 6.68. The summed E-state index contributed by atoms with van der Waals surface area (Å²) in [5.74, 6) is -0.000498. The van der Waals surface area contributed by atoms with Crippen molar-refractivity contribution >= 4 is 46.3 Å². The molecule has 13 heteroatoms. The highest BCUT2D eigenvalue weighted by Gasteiger charge is 2.50. The van der Waals surface area contributed by atoms with E-state index >= 15 is 0 Å². The fraction of sp³-hybridized carbons (Fsp3) is 0.773. The van der Waals surface area contributed by atoms with E-state index in [1.807, 2.05) is 27.7 Å². The van der Waals surface area contributed by atoms with E-state index in [0.29, 0.717) is 22.2 Å². The molecule has 3 rings (SSSR count). The topological polar surface area (TPSA) is 138 Å². The minimum absolute atomic E-state index is 0.000498. The van der Waals surface area contributed by atoms with Gasteiger partial charge in [0.1, 0.15) is 23.8 Å². The van der Waals surface area contributed by atoms with Gasteiger partial charge in [0.25, 0.3) is 0 Å². The van der Waals surface area contributed by atoms with Crippen LogP contribution in [0.25, 0.3) is 11.2 Å². The van der Waals surface area contributed by atoms with Crippen LogP contribution in [-0.4, -0.2) is 71.9 Å². The molecule has 3 heterocycles. The van der Waals surface area contributed by atoms with Crippen LogP contribution < -0.4 is 5.73 Å². The van der Waals surface area contributed by atoms with E-state index in [9.17, 15) is 9.90 Å². The third-order valence-corrected chi connectivity index (χ3v) is 13.5. The SMILES string of the molecule is CC(C)[Si](OC1[C@@H](CO[Si](O)(C(C)C)C(C)C)O[C@@H](n2cnc3c(Cl)nc(N)nc32)[C@H]1O)C(C)C. The van der Waals surface area contributed by atoms with Crippen LogP contribution in [0.3, 0.4) is 0 Å². The van der Waals surface area contributed by atoms with Crippen molar-refractivity contribution in [2.24, 2.45) is 0 Å². The van der Waals surface area contributed by atoms with Crippen molar-refractivity contribution < 1.29 is 23.5 Å². The second-order valence-corrected chi connectivity index (χ2v) is 18.2. The summed E-state index contributed by atoms with van der Waals surface area (Å²) in [5, 5.41) is 11.6. The molecule has 0 amide bonds. The Labute approximate surface area is 215 Å². The Morgan fingerprint density at radius 3 is 2.29 bits per heavy atom. The van der Waals surface area contributed by atoms with Gasteiger partial charge < -0.3 is 29.2 Å². The molecule has 0 spiro atoms. The van der Waals surface area contributed by atoms with Crippen molar-refractivity contribution in [2.45, 2.75) is 102 Å². The molecule has 0 bridgehead atoms. The number of nitrogens with zero attached hydrogens (tertiary/aromatic N) is 4. The van der Waals surface area contributed by atoms with Gasteiger partial charge in [-0.2, -0.15) is 9.97 Å². The zero-order valence-electron chi connectivity index (χ0n) is 21.8. The van der Waals surface area contributed by atoms with E-state index < -0.39 is 42.1 Å². The Balaban J connectivity index is 1.96. The van der Waals surface area contributed by atoms with Crippen LogP contribution in [0.1, 0.15) is 61.6 Å². The highest BCUT2D eigenvalue weighted by Crippen LogP contribution is 2.38. The molecule has 1 saturated heterocycles. The molecule has 197 valence electrons. The van der Waals surface area contributed by atoms with Crippen molar-refractivity contribution in [3.05, 3.63) is 11.5 Å². The van der Waals surface area contributed by atoms with Gasteiger partial charge >= 0.3 is 8.56 Å². The molecule has 35 heavy (non-hydrogen) atoms. The smallest absolute Gasteiger partial charge is 0.340 e.